The lowest BCUT2D eigenvalue weighted by molar-refractivity contribution is -0.135. The number of hydrogen-bond acceptors (Lipinski definition) is 4. The van der Waals surface area contributed by atoms with Crippen molar-refractivity contribution in [1.29, 1.82) is 0 Å². The summed E-state index contributed by atoms with van der Waals surface area (Å²) in [6, 6.07) is 6.56. The molecule has 2 rings (SSSR count). The summed E-state index contributed by atoms with van der Waals surface area (Å²) in [5, 5.41) is 9.59. The number of rotatable bonds is 7. The van der Waals surface area contributed by atoms with Crippen molar-refractivity contribution in [3.05, 3.63) is 35.6 Å². The molecule has 0 aromatic heterocycles. The molecule has 1 saturated carbocycles. The van der Waals surface area contributed by atoms with Gasteiger partial charge in [-0.05, 0) is 37.5 Å². The van der Waals surface area contributed by atoms with E-state index in [1.54, 1.807) is 12.1 Å². The Morgan fingerprint density at radius 2 is 1.88 bits per heavy atom. The van der Waals surface area contributed by atoms with Crippen molar-refractivity contribution in [1.82, 2.24) is 4.90 Å². The van der Waals surface area contributed by atoms with Gasteiger partial charge in [0.15, 0.2) is 5.17 Å². The minimum Gasteiger partial charge on any atom is -0.480 e. The van der Waals surface area contributed by atoms with Gasteiger partial charge in [-0.3, -0.25) is 14.6 Å². The molecule has 1 aliphatic rings. The SMILES string of the molecule is CC(=O)CSC(=NCC(=O)O)N(Cc1ccc(F)cc1)C1CCCCC1. The first-order valence-electron chi connectivity index (χ1n) is 8.85. The summed E-state index contributed by atoms with van der Waals surface area (Å²) >= 11 is 1.28. The average Bonchev–Trinajstić information content (AvgIpc) is 2.62. The van der Waals surface area contributed by atoms with E-state index in [-0.39, 0.29) is 29.9 Å². The van der Waals surface area contributed by atoms with Crippen LogP contribution < -0.4 is 0 Å². The zero-order valence-electron chi connectivity index (χ0n) is 15.0. The summed E-state index contributed by atoms with van der Waals surface area (Å²) in [5.41, 5.74) is 0.934. The molecule has 1 aromatic rings. The minimum absolute atomic E-state index is 0.0170. The standard InChI is InChI=1S/C19H25FN2O3S/c1-14(23)13-26-19(21-11-18(24)25)22(17-5-3-2-4-6-17)12-15-7-9-16(20)10-8-15/h7-10,17H,2-6,11-13H2,1H3,(H,24,25). The first kappa shape index (κ1) is 20.4. The highest BCUT2D eigenvalue weighted by Crippen LogP contribution is 2.27. The topological polar surface area (TPSA) is 70.0 Å². The van der Waals surface area contributed by atoms with Gasteiger partial charge >= 0.3 is 5.97 Å². The Kier molecular flexibility index (Phi) is 8.09. The monoisotopic (exact) mass is 380 g/mol. The van der Waals surface area contributed by atoms with Gasteiger partial charge in [-0.2, -0.15) is 0 Å². The summed E-state index contributed by atoms with van der Waals surface area (Å²) in [5.74, 6) is -1.02. The minimum atomic E-state index is -1.00. The molecule has 0 bridgehead atoms. The van der Waals surface area contributed by atoms with E-state index in [1.807, 2.05) is 0 Å². The molecule has 5 nitrogen and oxygen atoms in total. The van der Waals surface area contributed by atoms with E-state index < -0.39 is 5.97 Å². The van der Waals surface area contributed by atoms with Crippen LogP contribution in [0.15, 0.2) is 29.3 Å². The smallest absolute Gasteiger partial charge is 0.325 e. The van der Waals surface area contributed by atoms with Crippen LogP contribution in [-0.4, -0.2) is 45.3 Å². The van der Waals surface area contributed by atoms with Crippen LogP contribution in [0.5, 0.6) is 0 Å². The first-order valence-corrected chi connectivity index (χ1v) is 9.84. The van der Waals surface area contributed by atoms with Crippen LogP contribution in [0.3, 0.4) is 0 Å². The number of carboxylic acids is 1. The fraction of sp³-hybridized carbons (Fsp3) is 0.526. The Bertz CT molecular complexity index is 643. The van der Waals surface area contributed by atoms with Crippen molar-refractivity contribution in [3.63, 3.8) is 0 Å². The van der Waals surface area contributed by atoms with Crippen molar-refractivity contribution in [2.75, 3.05) is 12.3 Å². The maximum absolute atomic E-state index is 13.2. The van der Waals surface area contributed by atoms with E-state index >= 15 is 0 Å². The molecule has 0 unspecified atom stereocenters. The van der Waals surface area contributed by atoms with E-state index in [9.17, 15) is 14.0 Å². The lowest BCUT2D eigenvalue weighted by Gasteiger charge is -2.36. The molecule has 0 spiro atoms. The number of hydrogen-bond donors (Lipinski definition) is 1. The van der Waals surface area contributed by atoms with Gasteiger partial charge in [0.25, 0.3) is 0 Å². The van der Waals surface area contributed by atoms with Gasteiger partial charge < -0.3 is 10.0 Å². The predicted molar refractivity (Wildman–Crippen MR) is 102 cm³/mol. The number of Topliss-reactive ketones (excluding diaryl/α,β-unsaturated/α-hetero) is 1. The van der Waals surface area contributed by atoms with Crippen LogP contribution in [0, 0.1) is 5.82 Å². The van der Waals surface area contributed by atoms with Gasteiger partial charge in [0.05, 0.1) is 5.75 Å². The van der Waals surface area contributed by atoms with Crippen LogP contribution in [0.25, 0.3) is 0 Å². The summed E-state index contributed by atoms with van der Waals surface area (Å²) < 4.78 is 13.2. The second-order valence-electron chi connectivity index (χ2n) is 6.53. The Balaban J connectivity index is 2.26. The molecule has 142 valence electrons. The number of carbonyl (C=O) groups excluding carboxylic acids is 1. The summed E-state index contributed by atoms with van der Waals surface area (Å²) in [6.45, 7) is 1.70. The zero-order valence-corrected chi connectivity index (χ0v) is 15.8. The molecule has 26 heavy (non-hydrogen) atoms. The average molecular weight is 380 g/mol. The Morgan fingerprint density at radius 1 is 1.23 bits per heavy atom. The summed E-state index contributed by atoms with van der Waals surface area (Å²) in [4.78, 5) is 28.8. The number of carboxylic acid groups (broad SMARTS) is 1. The maximum Gasteiger partial charge on any atom is 0.325 e. The summed E-state index contributed by atoms with van der Waals surface area (Å²) in [7, 11) is 0. The van der Waals surface area contributed by atoms with E-state index in [4.69, 9.17) is 5.11 Å². The number of ketones is 1. The normalized spacial score (nSPS) is 15.7. The van der Waals surface area contributed by atoms with Crippen molar-refractivity contribution >= 4 is 28.7 Å². The number of aliphatic carboxylic acids is 1. The molecule has 1 N–H and O–H groups in total. The van der Waals surface area contributed by atoms with E-state index in [0.29, 0.717) is 11.7 Å². The number of carbonyl (C=O) groups is 2. The van der Waals surface area contributed by atoms with Crippen LogP contribution in [0.1, 0.15) is 44.6 Å². The number of halogens is 1. The fourth-order valence-electron chi connectivity index (χ4n) is 3.05. The van der Waals surface area contributed by atoms with Crippen molar-refractivity contribution in [2.45, 2.75) is 51.6 Å². The highest BCUT2D eigenvalue weighted by molar-refractivity contribution is 8.14. The largest absolute Gasteiger partial charge is 0.480 e. The second kappa shape index (κ2) is 10.3. The molecule has 0 saturated heterocycles. The second-order valence-corrected chi connectivity index (χ2v) is 7.47. The lowest BCUT2D eigenvalue weighted by atomic mass is 9.94. The van der Waals surface area contributed by atoms with Crippen LogP contribution >= 0.6 is 11.8 Å². The molecule has 0 heterocycles. The number of aliphatic imine (C=N–C) groups is 1. The van der Waals surface area contributed by atoms with E-state index in [0.717, 1.165) is 31.2 Å². The van der Waals surface area contributed by atoms with Crippen molar-refractivity contribution < 1.29 is 19.1 Å². The molecule has 0 atom stereocenters. The molecule has 7 heteroatoms. The lowest BCUT2D eigenvalue weighted by Crippen LogP contribution is -2.40. The Labute approximate surface area is 157 Å². The van der Waals surface area contributed by atoms with Crippen LogP contribution in [0.4, 0.5) is 4.39 Å². The third-order valence-electron chi connectivity index (χ3n) is 4.28. The maximum atomic E-state index is 13.2. The number of thioether (sulfide) groups is 1. The zero-order chi connectivity index (χ0) is 18.9. The molecule has 0 radical (unpaired) electrons. The predicted octanol–water partition coefficient (Wildman–Crippen LogP) is 3.72. The Hall–Kier alpha value is -1.89. The highest BCUT2D eigenvalue weighted by atomic mass is 32.2. The van der Waals surface area contributed by atoms with Crippen molar-refractivity contribution in [3.8, 4) is 0 Å². The van der Waals surface area contributed by atoms with Gasteiger partial charge in [-0.1, -0.05) is 43.2 Å². The van der Waals surface area contributed by atoms with Gasteiger partial charge in [-0.25, -0.2) is 4.39 Å². The Morgan fingerprint density at radius 3 is 2.46 bits per heavy atom. The van der Waals surface area contributed by atoms with E-state index in [1.165, 1.54) is 37.2 Å². The van der Waals surface area contributed by atoms with Crippen molar-refractivity contribution in [2.24, 2.45) is 4.99 Å². The fourth-order valence-corrected chi connectivity index (χ4v) is 3.92. The molecule has 1 aromatic carbocycles. The molecule has 1 aliphatic carbocycles. The molecule has 0 aliphatic heterocycles. The quantitative estimate of drug-likeness (QED) is 0.577. The first-order chi connectivity index (χ1) is 12.5. The molecular formula is C19H25FN2O3S. The molecule has 1 fully saturated rings. The van der Waals surface area contributed by atoms with Gasteiger partial charge in [0.1, 0.15) is 18.1 Å². The van der Waals surface area contributed by atoms with Gasteiger partial charge in [-0.15, -0.1) is 0 Å². The summed E-state index contributed by atoms with van der Waals surface area (Å²) in [6.07, 6.45) is 5.45. The van der Waals surface area contributed by atoms with Gasteiger partial charge in [0.2, 0.25) is 0 Å². The van der Waals surface area contributed by atoms with Crippen LogP contribution in [0.2, 0.25) is 0 Å². The number of nitrogens with zero attached hydrogens (tertiary/aromatic N) is 2. The van der Waals surface area contributed by atoms with Gasteiger partial charge in [0, 0.05) is 12.6 Å². The highest BCUT2D eigenvalue weighted by Gasteiger charge is 2.25. The third kappa shape index (κ3) is 6.78. The van der Waals surface area contributed by atoms with Crippen LogP contribution in [-0.2, 0) is 16.1 Å². The third-order valence-corrected chi connectivity index (χ3v) is 5.45. The molecule has 0 amide bonds. The van der Waals surface area contributed by atoms with E-state index in [2.05, 4.69) is 9.89 Å². The number of amidine groups is 1. The molecular weight excluding hydrogens is 355 g/mol. The number of benzene rings is 1.